The normalized spacial score (nSPS) is 16.0. The minimum absolute atomic E-state index is 0.0429. The van der Waals surface area contributed by atoms with E-state index in [2.05, 4.69) is 5.32 Å². The van der Waals surface area contributed by atoms with Gasteiger partial charge in [0.25, 0.3) is 0 Å². The molecule has 2 aromatic carbocycles. The fraction of sp³-hybridized carbons (Fsp3) is 0.409. The number of aryl methyl sites for hydroxylation is 3. The van der Waals surface area contributed by atoms with Gasteiger partial charge in [-0.3, -0.25) is 9.69 Å². The summed E-state index contributed by atoms with van der Waals surface area (Å²) in [5.41, 5.74) is 4.30. The Morgan fingerprint density at radius 1 is 0.931 bits per heavy atom. The largest absolute Gasteiger partial charge is 0.351 e. The SMILES string of the molecule is Cc1ccc(S(=O)(=O)N2CCN(CC(=O)NCc3ccccc3C)CC2)cc1C. The van der Waals surface area contributed by atoms with Crippen molar-refractivity contribution in [2.24, 2.45) is 0 Å². The molecule has 1 N–H and O–H groups in total. The highest BCUT2D eigenvalue weighted by atomic mass is 32.2. The molecule has 6 nitrogen and oxygen atoms in total. The highest BCUT2D eigenvalue weighted by Gasteiger charge is 2.29. The zero-order chi connectivity index (χ0) is 21.0. The Kier molecular flexibility index (Phi) is 6.72. The van der Waals surface area contributed by atoms with E-state index in [-0.39, 0.29) is 12.5 Å². The van der Waals surface area contributed by atoms with Crippen molar-refractivity contribution in [1.82, 2.24) is 14.5 Å². The first-order valence-electron chi connectivity index (χ1n) is 9.88. The highest BCUT2D eigenvalue weighted by molar-refractivity contribution is 7.89. The molecule has 7 heteroatoms. The van der Waals surface area contributed by atoms with Gasteiger partial charge in [0.05, 0.1) is 11.4 Å². The molecule has 29 heavy (non-hydrogen) atoms. The Balaban J connectivity index is 1.51. The summed E-state index contributed by atoms with van der Waals surface area (Å²) in [5, 5.41) is 2.95. The molecule has 0 saturated carbocycles. The van der Waals surface area contributed by atoms with Gasteiger partial charge in [-0.15, -0.1) is 0 Å². The van der Waals surface area contributed by atoms with Gasteiger partial charge in [0.15, 0.2) is 0 Å². The van der Waals surface area contributed by atoms with Crippen molar-refractivity contribution in [2.45, 2.75) is 32.2 Å². The average molecular weight is 416 g/mol. The number of nitrogens with one attached hydrogen (secondary N) is 1. The molecule has 1 aliphatic rings. The standard InChI is InChI=1S/C22H29N3O3S/c1-17-8-9-21(14-19(17)3)29(27,28)25-12-10-24(11-13-25)16-22(26)23-15-20-7-5-4-6-18(20)2/h4-9,14H,10-13,15-16H2,1-3H3,(H,23,26). The van der Waals surface area contributed by atoms with Crippen LogP contribution in [0.3, 0.4) is 0 Å². The molecule has 0 bridgehead atoms. The van der Waals surface area contributed by atoms with Gasteiger partial charge in [-0.25, -0.2) is 8.42 Å². The van der Waals surface area contributed by atoms with Gasteiger partial charge >= 0.3 is 0 Å². The third-order valence-corrected chi connectivity index (χ3v) is 7.45. The lowest BCUT2D eigenvalue weighted by molar-refractivity contribution is -0.122. The zero-order valence-electron chi connectivity index (χ0n) is 17.3. The smallest absolute Gasteiger partial charge is 0.243 e. The predicted octanol–water partition coefficient (Wildman–Crippen LogP) is 2.23. The minimum Gasteiger partial charge on any atom is -0.351 e. The fourth-order valence-corrected chi connectivity index (χ4v) is 4.92. The number of amides is 1. The van der Waals surface area contributed by atoms with Crippen molar-refractivity contribution in [2.75, 3.05) is 32.7 Å². The first kappa shape index (κ1) is 21.5. The summed E-state index contributed by atoms with van der Waals surface area (Å²) < 4.78 is 27.3. The Hall–Kier alpha value is -2.22. The average Bonchev–Trinajstić information content (AvgIpc) is 2.70. The van der Waals surface area contributed by atoms with Crippen molar-refractivity contribution in [1.29, 1.82) is 0 Å². The summed E-state index contributed by atoms with van der Waals surface area (Å²) in [5.74, 6) is -0.0429. The topological polar surface area (TPSA) is 69.7 Å². The molecule has 0 unspecified atom stereocenters. The van der Waals surface area contributed by atoms with Gasteiger partial charge in [-0.2, -0.15) is 4.31 Å². The van der Waals surface area contributed by atoms with Crippen molar-refractivity contribution >= 4 is 15.9 Å². The van der Waals surface area contributed by atoms with Crippen LogP contribution in [0.25, 0.3) is 0 Å². The Bertz CT molecular complexity index is 981. The second kappa shape index (κ2) is 9.07. The minimum atomic E-state index is -3.50. The van der Waals surface area contributed by atoms with E-state index in [0.717, 1.165) is 22.3 Å². The predicted molar refractivity (Wildman–Crippen MR) is 114 cm³/mol. The van der Waals surface area contributed by atoms with E-state index in [4.69, 9.17) is 0 Å². The van der Waals surface area contributed by atoms with Crippen molar-refractivity contribution in [3.8, 4) is 0 Å². The molecule has 0 radical (unpaired) electrons. The Labute approximate surface area is 173 Å². The zero-order valence-corrected chi connectivity index (χ0v) is 18.1. The van der Waals surface area contributed by atoms with Gasteiger partial charge in [0, 0.05) is 32.7 Å². The summed E-state index contributed by atoms with van der Waals surface area (Å²) in [6.07, 6.45) is 0. The maximum atomic E-state index is 12.9. The van der Waals surface area contributed by atoms with Crippen molar-refractivity contribution in [3.05, 3.63) is 64.7 Å². The van der Waals surface area contributed by atoms with Crippen LogP contribution in [0.15, 0.2) is 47.4 Å². The van der Waals surface area contributed by atoms with Crippen LogP contribution in [-0.2, 0) is 21.4 Å². The molecule has 0 aromatic heterocycles. The molecule has 0 spiro atoms. The second-order valence-electron chi connectivity index (χ2n) is 7.63. The van der Waals surface area contributed by atoms with E-state index in [9.17, 15) is 13.2 Å². The van der Waals surface area contributed by atoms with Gasteiger partial charge < -0.3 is 5.32 Å². The number of carbonyl (C=O) groups excluding carboxylic acids is 1. The van der Waals surface area contributed by atoms with Crippen LogP contribution >= 0.6 is 0 Å². The lowest BCUT2D eigenvalue weighted by Gasteiger charge is -2.33. The summed E-state index contributed by atoms with van der Waals surface area (Å²) in [4.78, 5) is 14.6. The summed E-state index contributed by atoms with van der Waals surface area (Å²) in [6.45, 7) is 8.56. The van der Waals surface area contributed by atoms with Crippen LogP contribution in [0.4, 0.5) is 0 Å². The molecule has 1 amide bonds. The van der Waals surface area contributed by atoms with Crippen LogP contribution in [0.2, 0.25) is 0 Å². The van der Waals surface area contributed by atoms with Gasteiger partial charge in [0.1, 0.15) is 0 Å². The van der Waals surface area contributed by atoms with Crippen LogP contribution in [0, 0.1) is 20.8 Å². The third-order valence-electron chi connectivity index (χ3n) is 5.55. The Morgan fingerprint density at radius 2 is 1.62 bits per heavy atom. The highest BCUT2D eigenvalue weighted by Crippen LogP contribution is 2.20. The summed E-state index contributed by atoms with van der Waals surface area (Å²) in [6, 6.07) is 13.2. The maximum absolute atomic E-state index is 12.9. The Morgan fingerprint density at radius 3 is 2.28 bits per heavy atom. The van der Waals surface area contributed by atoms with Crippen molar-refractivity contribution in [3.63, 3.8) is 0 Å². The van der Waals surface area contributed by atoms with Gasteiger partial charge in [0.2, 0.25) is 15.9 Å². The lowest BCUT2D eigenvalue weighted by atomic mass is 10.1. The van der Waals surface area contributed by atoms with Crippen LogP contribution in [0.1, 0.15) is 22.3 Å². The van der Waals surface area contributed by atoms with E-state index in [1.165, 1.54) is 4.31 Å². The molecular formula is C22H29N3O3S. The van der Waals surface area contributed by atoms with Crippen molar-refractivity contribution < 1.29 is 13.2 Å². The molecule has 1 saturated heterocycles. The molecule has 1 aliphatic heterocycles. The van der Waals surface area contributed by atoms with Crippen LogP contribution in [0.5, 0.6) is 0 Å². The van der Waals surface area contributed by atoms with E-state index >= 15 is 0 Å². The number of hydrogen-bond donors (Lipinski definition) is 1. The molecular weight excluding hydrogens is 386 g/mol. The molecule has 156 valence electrons. The molecule has 3 rings (SSSR count). The number of nitrogens with zero attached hydrogens (tertiary/aromatic N) is 2. The first-order valence-corrected chi connectivity index (χ1v) is 11.3. The van der Waals surface area contributed by atoms with E-state index in [0.29, 0.717) is 37.6 Å². The molecule has 1 heterocycles. The monoisotopic (exact) mass is 415 g/mol. The van der Waals surface area contributed by atoms with E-state index < -0.39 is 10.0 Å². The van der Waals surface area contributed by atoms with E-state index in [1.807, 2.05) is 56.0 Å². The maximum Gasteiger partial charge on any atom is 0.243 e. The van der Waals surface area contributed by atoms with E-state index in [1.54, 1.807) is 12.1 Å². The summed E-state index contributed by atoms with van der Waals surface area (Å²) in [7, 11) is -3.50. The van der Waals surface area contributed by atoms with Crippen LogP contribution < -0.4 is 5.32 Å². The first-order chi connectivity index (χ1) is 13.8. The summed E-state index contributed by atoms with van der Waals surface area (Å²) >= 11 is 0. The molecule has 2 aromatic rings. The number of sulfonamides is 1. The lowest BCUT2D eigenvalue weighted by Crippen LogP contribution is -2.51. The van der Waals surface area contributed by atoms with Gasteiger partial charge in [-0.05, 0) is 55.2 Å². The molecule has 1 fully saturated rings. The third kappa shape index (κ3) is 5.23. The van der Waals surface area contributed by atoms with Gasteiger partial charge in [-0.1, -0.05) is 30.3 Å². The number of hydrogen-bond acceptors (Lipinski definition) is 4. The quantitative estimate of drug-likeness (QED) is 0.786. The number of carbonyl (C=O) groups is 1. The van der Waals surface area contributed by atoms with Crippen LogP contribution in [-0.4, -0.2) is 56.3 Å². The number of piperazine rings is 1. The second-order valence-corrected chi connectivity index (χ2v) is 9.57. The fourth-order valence-electron chi connectivity index (χ4n) is 3.41. The number of benzene rings is 2. The molecule has 0 atom stereocenters. The molecule has 0 aliphatic carbocycles. The number of rotatable bonds is 6.